The van der Waals surface area contributed by atoms with E-state index in [4.69, 9.17) is 0 Å². The molecule has 0 saturated heterocycles. The van der Waals surface area contributed by atoms with E-state index in [0.717, 1.165) is 13.0 Å². The Kier molecular flexibility index (Phi) is 3.58. The zero-order chi connectivity index (χ0) is 14.8. The van der Waals surface area contributed by atoms with E-state index in [-0.39, 0.29) is 5.69 Å². The predicted octanol–water partition coefficient (Wildman–Crippen LogP) is 2.69. The highest BCUT2D eigenvalue weighted by atomic mass is 16.6. The maximum absolute atomic E-state index is 10.6. The van der Waals surface area contributed by atoms with Gasteiger partial charge in [0, 0.05) is 30.9 Å². The van der Waals surface area contributed by atoms with Crippen LogP contribution in [0.15, 0.2) is 48.5 Å². The van der Waals surface area contributed by atoms with E-state index < -0.39 is 11.0 Å². The van der Waals surface area contributed by atoms with Crippen LogP contribution in [0, 0.1) is 10.1 Å². The zero-order valence-corrected chi connectivity index (χ0v) is 11.5. The summed E-state index contributed by atoms with van der Waals surface area (Å²) in [7, 11) is 0. The minimum absolute atomic E-state index is 0.0393. The summed E-state index contributed by atoms with van der Waals surface area (Å²) in [6, 6.07) is 14.3. The minimum Gasteiger partial charge on any atom is -0.387 e. The van der Waals surface area contributed by atoms with Gasteiger partial charge in [-0.2, -0.15) is 0 Å². The number of rotatable bonds is 4. The van der Waals surface area contributed by atoms with Crippen molar-refractivity contribution >= 4 is 11.4 Å². The molecular weight excluding hydrogens is 268 g/mol. The second-order valence-electron chi connectivity index (χ2n) is 5.19. The fourth-order valence-corrected chi connectivity index (χ4v) is 2.73. The summed E-state index contributed by atoms with van der Waals surface area (Å²) in [5.74, 6) is 0. The molecule has 5 nitrogen and oxygen atoms in total. The molecule has 0 spiro atoms. The molecule has 1 atom stereocenters. The molecule has 0 unspecified atom stereocenters. The Morgan fingerprint density at radius 2 is 1.90 bits per heavy atom. The number of fused-ring (bicyclic) bond motifs is 1. The molecule has 0 aromatic heterocycles. The normalized spacial score (nSPS) is 14.8. The van der Waals surface area contributed by atoms with Crippen molar-refractivity contribution in [2.24, 2.45) is 0 Å². The van der Waals surface area contributed by atoms with E-state index in [1.807, 2.05) is 12.1 Å². The van der Waals surface area contributed by atoms with Gasteiger partial charge in [0.05, 0.1) is 11.0 Å². The number of para-hydroxylation sites is 1. The Morgan fingerprint density at radius 1 is 1.19 bits per heavy atom. The average molecular weight is 284 g/mol. The number of hydrogen-bond donors (Lipinski definition) is 1. The topological polar surface area (TPSA) is 66.6 Å². The summed E-state index contributed by atoms with van der Waals surface area (Å²) in [4.78, 5) is 12.3. The Bertz CT molecular complexity index is 655. The third-order valence-electron chi connectivity index (χ3n) is 3.87. The molecule has 1 aliphatic rings. The maximum atomic E-state index is 10.6. The highest BCUT2D eigenvalue weighted by Crippen LogP contribution is 2.29. The number of anilines is 1. The standard InChI is InChI=1S/C16H16N2O3/c19-16(13-5-7-14(8-6-13)18(20)21)11-17-10-9-12-3-1-2-4-15(12)17/h1-8,16,19H,9-11H2/t16-/m1/s1. The van der Waals surface area contributed by atoms with E-state index in [2.05, 4.69) is 17.0 Å². The molecule has 0 bridgehead atoms. The van der Waals surface area contributed by atoms with Crippen LogP contribution in [-0.4, -0.2) is 23.1 Å². The molecule has 108 valence electrons. The summed E-state index contributed by atoms with van der Waals surface area (Å²) in [6.45, 7) is 1.39. The smallest absolute Gasteiger partial charge is 0.269 e. The van der Waals surface area contributed by atoms with Crippen LogP contribution in [-0.2, 0) is 6.42 Å². The van der Waals surface area contributed by atoms with Gasteiger partial charge in [0.1, 0.15) is 0 Å². The number of non-ortho nitro benzene ring substituents is 1. The van der Waals surface area contributed by atoms with Crippen molar-refractivity contribution in [2.45, 2.75) is 12.5 Å². The van der Waals surface area contributed by atoms with Crippen LogP contribution in [0.25, 0.3) is 0 Å². The Labute approximate surface area is 122 Å². The molecular formula is C16H16N2O3. The van der Waals surface area contributed by atoms with E-state index in [9.17, 15) is 15.2 Å². The van der Waals surface area contributed by atoms with Crippen molar-refractivity contribution in [3.63, 3.8) is 0 Å². The average Bonchev–Trinajstić information content (AvgIpc) is 2.91. The number of β-amino-alcohol motifs (C(OH)–C–C–N with tert-alkyl or cyclic N) is 1. The number of nitro benzene ring substituents is 1. The molecule has 3 rings (SSSR count). The van der Waals surface area contributed by atoms with Crippen molar-refractivity contribution in [1.82, 2.24) is 0 Å². The zero-order valence-electron chi connectivity index (χ0n) is 11.5. The number of benzene rings is 2. The van der Waals surface area contributed by atoms with Gasteiger partial charge in [-0.15, -0.1) is 0 Å². The molecule has 1 N–H and O–H groups in total. The summed E-state index contributed by atoms with van der Waals surface area (Å²) in [5, 5.41) is 21.0. The lowest BCUT2D eigenvalue weighted by molar-refractivity contribution is -0.384. The Hall–Kier alpha value is -2.40. The van der Waals surface area contributed by atoms with E-state index >= 15 is 0 Å². The molecule has 21 heavy (non-hydrogen) atoms. The van der Waals surface area contributed by atoms with Gasteiger partial charge in [0.15, 0.2) is 0 Å². The molecule has 1 aliphatic heterocycles. The molecule has 1 heterocycles. The van der Waals surface area contributed by atoms with E-state index in [1.165, 1.54) is 23.4 Å². The van der Waals surface area contributed by atoms with Gasteiger partial charge in [0.2, 0.25) is 0 Å². The minimum atomic E-state index is -0.656. The number of nitro groups is 1. The van der Waals surface area contributed by atoms with Crippen LogP contribution in [0.4, 0.5) is 11.4 Å². The first-order valence-electron chi connectivity index (χ1n) is 6.90. The predicted molar refractivity (Wildman–Crippen MR) is 80.4 cm³/mol. The first-order chi connectivity index (χ1) is 10.1. The fraction of sp³-hybridized carbons (Fsp3) is 0.250. The number of aliphatic hydroxyl groups excluding tert-OH is 1. The summed E-state index contributed by atoms with van der Waals surface area (Å²) in [6.07, 6.45) is 0.334. The fourth-order valence-electron chi connectivity index (χ4n) is 2.73. The van der Waals surface area contributed by atoms with Gasteiger partial charge in [-0.25, -0.2) is 0 Å². The third kappa shape index (κ3) is 2.73. The largest absolute Gasteiger partial charge is 0.387 e. The summed E-state index contributed by atoms with van der Waals surface area (Å²) >= 11 is 0. The highest BCUT2D eigenvalue weighted by Gasteiger charge is 2.21. The van der Waals surface area contributed by atoms with Crippen molar-refractivity contribution < 1.29 is 10.0 Å². The maximum Gasteiger partial charge on any atom is 0.269 e. The number of nitrogens with zero attached hydrogens (tertiary/aromatic N) is 2. The van der Waals surface area contributed by atoms with Crippen LogP contribution >= 0.6 is 0 Å². The SMILES string of the molecule is O=[N+]([O-])c1ccc([C@H](O)CN2CCc3ccccc32)cc1. The summed E-state index contributed by atoms with van der Waals surface area (Å²) < 4.78 is 0. The molecule has 2 aromatic carbocycles. The molecule has 5 heteroatoms. The second kappa shape index (κ2) is 5.54. The molecule has 0 aliphatic carbocycles. The van der Waals surface area contributed by atoms with Crippen LogP contribution in [0.1, 0.15) is 17.2 Å². The van der Waals surface area contributed by atoms with Crippen LogP contribution < -0.4 is 4.90 Å². The number of aliphatic hydroxyl groups is 1. The van der Waals surface area contributed by atoms with Crippen molar-refractivity contribution in [3.8, 4) is 0 Å². The monoisotopic (exact) mass is 284 g/mol. The molecule has 0 fully saturated rings. The summed E-state index contributed by atoms with van der Waals surface area (Å²) in [5.41, 5.74) is 3.20. The van der Waals surface area contributed by atoms with Gasteiger partial charge in [0.25, 0.3) is 5.69 Å². The van der Waals surface area contributed by atoms with E-state index in [0.29, 0.717) is 12.1 Å². The van der Waals surface area contributed by atoms with Crippen molar-refractivity contribution in [2.75, 3.05) is 18.0 Å². The lowest BCUT2D eigenvalue weighted by Gasteiger charge is -2.23. The highest BCUT2D eigenvalue weighted by molar-refractivity contribution is 5.58. The van der Waals surface area contributed by atoms with Crippen LogP contribution in [0.2, 0.25) is 0 Å². The van der Waals surface area contributed by atoms with Gasteiger partial charge < -0.3 is 10.0 Å². The lowest BCUT2D eigenvalue weighted by Crippen LogP contribution is -2.26. The molecule has 2 aromatic rings. The Balaban J connectivity index is 1.72. The van der Waals surface area contributed by atoms with Crippen molar-refractivity contribution in [3.05, 3.63) is 69.8 Å². The van der Waals surface area contributed by atoms with Gasteiger partial charge >= 0.3 is 0 Å². The van der Waals surface area contributed by atoms with Crippen LogP contribution in [0.5, 0.6) is 0 Å². The van der Waals surface area contributed by atoms with Gasteiger partial charge in [-0.3, -0.25) is 10.1 Å². The first-order valence-corrected chi connectivity index (χ1v) is 6.90. The van der Waals surface area contributed by atoms with Crippen LogP contribution in [0.3, 0.4) is 0 Å². The third-order valence-corrected chi connectivity index (χ3v) is 3.87. The Morgan fingerprint density at radius 3 is 2.62 bits per heavy atom. The quantitative estimate of drug-likeness (QED) is 0.692. The lowest BCUT2D eigenvalue weighted by atomic mass is 10.1. The molecule has 0 amide bonds. The van der Waals surface area contributed by atoms with E-state index in [1.54, 1.807) is 12.1 Å². The molecule has 0 saturated carbocycles. The second-order valence-corrected chi connectivity index (χ2v) is 5.19. The number of hydrogen-bond acceptors (Lipinski definition) is 4. The van der Waals surface area contributed by atoms with Gasteiger partial charge in [-0.1, -0.05) is 18.2 Å². The van der Waals surface area contributed by atoms with Crippen molar-refractivity contribution in [1.29, 1.82) is 0 Å². The first kappa shape index (κ1) is 13.6. The molecule has 0 radical (unpaired) electrons. The van der Waals surface area contributed by atoms with Gasteiger partial charge in [-0.05, 0) is 35.7 Å².